The molecule has 1 atom stereocenters. The van der Waals surface area contributed by atoms with Crippen molar-refractivity contribution in [2.75, 3.05) is 18.1 Å². The number of aliphatic hydroxyl groups is 1. The molecule has 9 heteroatoms. The first-order valence-corrected chi connectivity index (χ1v) is 13.7. The van der Waals surface area contributed by atoms with Gasteiger partial charge < -0.3 is 14.6 Å². The maximum absolute atomic E-state index is 13.5. The Balaban J connectivity index is 1.63. The van der Waals surface area contributed by atoms with Gasteiger partial charge in [0.2, 0.25) is 0 Å². The first-order valence-electron chi connectivity index (χ1n) is 12.8. The zero-order valence-corrected chi connectivity index (χ0v) is 22.8. The van der Waals surface area contributed by atoms with Crippen LogP contribution in [0.3, 0.4) is 0 Å². The molecule has 2 aromatic heterocycles. The Hall–Kier alpha value is -4.24. The predicted molar refractivity (Wildman–Crippen MR) is 151 cm³/mol. The fourth-order valence-electron chi connectivity index (χ4n) is 4.45. The third kappa shape index (κ3) is 5.35. The number of ether oxygens (including phenoxy) is 2. The number of ketones is 1. The van der Waals surface area contributed by atoms with Crippen molar-refractivity contribution in [1.82, 2.24) is 9.97 Å². The van der Waals surface area contributed by atoms with Crippen LogP contribution < -0.4 is 14.4 Å². The highest BCUT2D eigenvalue weighted by Gasteiger charge is 2.48. The van der Waals surface area contributed by atoms with E-state index < -0.39 is 17.7 Å². The molecule has 0 spiro atoms. The van der Waals surface area contributed by atoms with E-state index in [1.54, 1.807) is 12.1 Å². The van der Waals surface area contributed by atoms with Gasteiger partial charge in [0, 0.05) is 18.0 Å². The van der Waals surface area contributed by atoms with Gasteiger partial charge in [0.1, 0.15) is 17.3 Å². The molecule has 8 nitrogen and oxygen atoms in total. The number of carbonyl (C=O) groups excluding carboxylic acids is 2. The van der Waals surface area contributed by atoms with E-state index in [1.165, 1.54) is 28.6 Å². The maximum Gasteiger partial charge on any atom is 0.301 e. The first-order chi connectivity index (χ1) is 18.9. The fraction of sp³-hybridized carbons (Fsp3) is 0.267. The number of hydrogen-bond donors (Lipinski definition) is 1. The number of fused-ring (bicyclic) bond motifs is 1. The quantitative estimate of drug-likeness (QED) is 0.154. The minimum atomic E-state index is -0.904. The average molecular weight is 544 g/mol. The Labute approximate surface area is 230 Å². The molecular formula is C30H29N3O5S. The number of nitrogens with zero attached hydrogens (tertiary/aromatic N) is 3. The zero-order chi connectivity index (χ0) is 27.5. The topological polar surface area (TPSA) is 102 Å². The molecule has 1 saturated heterocycles. The molecular weight excluding hydrogens is 514 g/mol. The van der Waals surface area contributed by atoms with E-state index in [4.69, 9.17) is 9.47 Å². The number of benzene rings is 2. The van der Waals surface area contributed by atoms with Crippen molar-refractivity contribution in [2.45, 2.75) is 33.2 Å². The Bertz CT molecular complexity index is 1550. The Kier molecular flexibility index (Phi) is 7.60. The van der Waals surface area contributed by atoms with E-state index in [0.717, 1.165) is 11.1 Å². The molecule has 1 N–H and O–H groups in total. The molecule has 0 bridgehead atoms. The van der Waals surface area contributed by atoms with Gasteiger partial charge in [-0.25, -0.2) is 4.98 Å². The van der Waals surface area contributed by atoms with Gasteiger partial charge in [0.05, 0.1) is 35.0 Å². The standard InChI is InChI=1S/C30H29N3O5S/c1-4-37-22-8-9-23-24(17-22)39-30(32-23)33-26(20-6-5-7-21(16-20)38-15-12-18(2)3)25(28(35)29(33)36)27(34)19-10-13-31-14-11-19/h5-11,13-14,16-18,26,34H,4,12,15H2,1-3H3/b27-25+. The monoisotopic (exact) mass is 543 g/mol. The van der Waals surface area contributed by atoms with E-state index in [1.807, 2.05) is 49.4 Å². The lowest BCUT2D eigenvalue weighted by atomic mass is 9.95. The molecule has 200 valence electrons. The van der Waals surface area contributed by atoms with Crippen LogP contribution in [0.25, 0.3) is 16.0 Å². The maximum atomic E-state index is 13.5. The van der Waals surface area contributed by atoms with Crippen LogP contribution in [-0.2, 0) is 9.59 Å². The summed E-state index contributed by atoms with van der Waals surface area (Å²) < 4.78 is 12.4. The lowest BCUT2D eigenvalue weighted by molar-refractivity contribution is -0.132. The molecule has 3 heterocycles. The van der Waals surface area contributed by atoms with Gasteiger partial charge in [-0.05, 0) is 67.3 Å². The first kappa shape index (κ1) is 26.4. The van der Waals surface area contributed by atoms with Gasteiger partial charge in [-0.15, -0.1) is 0 Å². The fourth-order valence-corrected chi connectivity index (χ4v) is 5.47. The number of aliphatic hydroxyl groups excluding tert-OH is 1. The number of pyridine rings is 1. The number of thiazole rings is 1. The number of carbonyl (C=O) groups is 2. The van der Waals surface area contributed by atoms with Crippen molar-refractivity contribution in [3.8, 4) is 11.5 Å². The van der Waals surface area contributed by atoms with Crippen LogP contribution in [0, 0.1) is 5.92 Å². The summed E-state index contributed by atoms with van der Waals surface area (Å²) in [5, 5.41) is 11.7. The summed E-state index contributed by atoms with van der Waals surface area (Å²) in [5.74, 6) is -0.00596. The average Bonchev–Trinajstić information content (AvgIpc) is 3.46. The molecule has 0 radical (unpaired) electrons. The highest BCUT2D eigenvalue weighted by molar-refractivity contribution is 7.22. The van der Waals surface area contributed by atoms with Gasteiger partial charge in [0.15, 0.2) is 5.13 Å². The van der Waals surface area contributed by atoms with Gasteiger partial charge in [0.25, 0.3) is 5.78 Å². The van der Waals surface area contributed by atoms with Crippen LogP contribution in [0.4, 0.5) is 5.13 Å². The van der Waals surface area contributed by atoms with Crippen molar-refractivity contribution in [2.24, 2.45) is 5.92 Å². The number of amides is 1. The molecule has 1 aliphatic heterocycles. The normalized spacial score (nSPS) is 16.8. The van der Waals surface area contributed by atoms with Crippen molar-refractivity contribution in [3.63, 3.8) is 0 Å². The highest BCUT2D eigenvalue weighted by atomic mass is 32.1. The number of hydrogen-bond acceptors (Lipinski definition) is 8. The minimum absolute atomic E-state index is 0.0141. The largest absolute Gasteiger partial charge is 0.507 e. The molecule has 2 aromatic carbocycles. The van der Waals surface area contributed by atoms with E-state index in [-0.39, 0.29) is 11.3 Å². The van der Waals surface area contributed by atoms with Crippen LogP contribution >= 0.6 is 11.3 Å². The number of rotatable bonds is 9. The van der Waals surface area contributed by atoms with Crippen LogP contribution in [0.15, 0.2) is 72.6 Å². The molecule has 1 unspecified atom stereocenters. The summed E-state index contributed by atoms with van der Waals surface area (Å²) in [4.78, 5) is 37.1. The summed E-state index contributed by atoms with van der Waals surface area (Å²) in [6.07, 6.45) is 3.93. The molecule has 4 aromatic rings. The van der Waals surface area contributed by atoms with Crippen molar-refractivity contribution in [3.05, 3.63) is 83.7 Å². The van der Waals surface area contributed by atoms with Gasteiger partial charge in [-0.1, -0.05) is 37.3 Å². The summed E-state index contributed by atoms with van der Waals surface area (Å²) in [7, 11) is 0. The van der Waals surface area contributed by atoms with Crippen LogP contribution in [0.1, 0.15) is 44.4 Å². The van der Waals surface area contributed by atoms with Crippen LogP contribution in [0.2, 0.25) is 0 Å². The number of aromatic nitrogens is 2. The molecule has 1 fully saturated rings. The Morgan fingerprint density at radius 2 is 1.82 bits per heavy atom. The molecule has 1 amide bonds. The second-order valence-electron chi connectivity index (χ2n) is 9.57. The second kappa shape index (κ2) is 11.2. The van der Waals surface area contributed by atoms with Gasteiger partial charge in [-0.3, -0.25) is 19.5 Å². The SMILES string of the molecule is CCOc1ccc2nc(N3C(=O)C(=O)/C(=C(/O)c4ccncc4)C3c3cccc(OCCC(C)C)c3)sc2c1. The number of Topliss-reactive ketones (excluding diaryl/α,β-unsaturated/α-hetero) is 1. The number of anilines is 1. The summed E-state index contributed by atoms with van der Waals surface area (Å²) in [6, 6.07) is 15.1. The molecule has 5 rings (SSSR count). The van der Waals surface area contributed by atoms with Crippen LogP contribution in [-0.4, -0.2) is 40.0 Å². The Morgan fingerprint density at radius 3 is 2.56 bits per heavy atom. The van der Waals surface area contributed by atoms with E-state index >= 15 is 0 Å². The second-order valence-corrected chi connectivity index (χ2v) is 10.6. The molecule has 39 heavy (non-hydrogen) atoms. The lowest BCUT2D eigenvalue weighted by Gasteiger charge is -2.23. The van der Waals surface area contributed by atoms with Crippen molar-refractivity contribution in [1.29, 1.82) is 0 Å². The Morgan fingerprint density at radius 1 is 1.05 bits per heavy atom. The minimum Gasteiger partial charge on any atom is -0.507 e. The molecule has 1 aliphatic rings. The highest BCUT2D eigenvalue weighted by Crippen LogP contribution is 2.45. The summed E-state index contributed by atoms with van der Waals surface area (Å²) in [5.41, 5.74) is 1.68. The third-order valence-corrected chi connectivity index (χ3v) is 7.42. The van der Waals surface area contributed by atoms with Crippen molar-refractivity contribution >= 4 is 44.1 Å². The van der Waals surface area contributed by atoms with E-state index in [0.29, 0.717) is 52.4 Å². The summed E-state index contributed by atoms with van der Waals surface area (Å²) >= 11 is 1.29. The van der Waals surface area contributed by atoms with E-state index in [9.17, 15) is 14.7 Å². The van der Waals surface area contributed by atoms with Gasteiger partial charge in [-0.2, -0.15) is 0 Å². The van der Waals surface area contributed by atoms with Crippen LogP contribution in [0.5, 0.6) is 11.5 Å². The predicted octanol–water partition coefficient (Wildman–Crippen LogP) is 6.14. The van der Waals surface area contributed by atoms with E-state index in [2.05, 4.69) is 23.8 Å². The smallest absolute Gasteiger partial charge is 0.301 e. The lowest BCUT2D eigenvalue weighted by Crippen LogP contribution is -2.29. The van der Waals surface area contributed by atoms with Gasteiger partial charge >= 0.3 is 5.91 Å². The molecule has 0 aliphatic carbocycles. The third-order valence-electron chi connectivity index (χ3n) is 6.40. The summed E-state index contributed by atoms with van der Waals surface area (Å²) in [6.45, 7) is 7.23. The molecule has 0 saturated carbocycles. The van der Waals surface area contributed by atoms with Crippen molar-refractivity contribution < 1.29 is 24.2 Å². The zero-order valence-electron chi connectivity index (χ0n) is 22.0.